The number of imidazole rings is 1. The van der Waals surface area contributed by atoms with Crippen molar-refractivity contribution in [1.82, 2.24) is 19.8 Å². The summed E-state index contributed by atoms with van der Waals surface area (Å²) in [5, 5.41) is 3.06. The summed E-state index contributed by atoms with van der Waals surface area (Å²) in [5.74, 6) is 0.859. The number of piperidine rings is 1. The summed E-state index contributed by atoms with van der Waals surface area (Å²) in [6.45, 7) is 9.05. The number of amides is 1. The zero-order valence-corrected chi connectivity index (χ0v) is 17.9. The number of hydrogen-bond donors (Lipinski definition) is 1. The molecule has 3 heterocycles. The molecule has 0 radical (unpaired) electrons. The maximum absolute atomic E-state index is 12.8. The van der Waals surface area contributed by atoms with E-state index in [1.165, 1.54) is 18.5 Å². The van der Waals surface area contributed by atoms with E-state index in [2.05, 4.69) is 56.0 Å². The van der Waals surface area contributed by atoms with Crippen molar-refractivity contribution < 1.29 is 4.79 Å². The van der Waals surface area contributed by atoms with Crippen LogP contribution in [0.5, 0.6) is 0 Å². The summed E-state index contributed by atoms with van der Waals surface area (Å²) < 4.78 is 2.27. The topological polar surface area (TPSA) is 53.4 Å². The third-order valence-corrected chi connectivity index (χ3v) is 6.46. The van der Waals surface area contributed by atoms with E-state index in [4.69, 9.17) is 0 Å². The van der Waals surface area contributed by atoms with E-state index >= 15 is 0 Å². The van der Waals surface area contributed by atoms with Crippen molar-refractivity contribution in [3.05, 3.63) is 47.0 Å². The molecule has 4 rings (SSSR count). The molecule has 0 atom stereocenters. The molecule has 6 heteroatoms. The minimum absolute atomic E-state index is 0.0825. The molecule has 0 saturated carbocycles. The van der Waals surface area contributed by atoms with E-state index in [9.17, 15) is 4.79 Å². The first-order chi connectivity index (χ1) is 14.0. The Balaban J connectivity index is 1.39. The highest BCUT2D eigenvalue weighted by Crippen LogP contribution is 2.26. The van der Waals surface area contributed by atoms with Gasteiger partial charge in [0.2, 0.25) is 0 Å². The number of carbonyl (C=O) groups is 1. The van der Waals surface area contributed by atoms with Crippen molar-refractivity contribution in [3.8, 4) is 0 Å². The van der Waals surface area contributed by atoms with Crippen LogP contribution in [0.1, 0.15) is 59.3 Å². The maximum atomic E-state index is 12.8. The van der Waals surface area contributed by atoms with E-state index in [0.717, 1.165) is 56.1 Å². The number of nitrogens with zero attached hydrogens (tertiary/aromatic N) is 4. The van der Waals surface area contributed by atoms with Crippen LogP contribution in [0.15, 0.2) is 24.3 Å². The number of rotatable bonds is 5. The van der Waals surface area contributed by atoms with Gasteiger partial charge in [-0.1, -0.05) is 12.1 Å². The average molecular weight is 396 g/mol. The van der Waals surface area contributed by atoms with Crippen molar-refractivity contribution >= 4 is 11.6 Å². The summed E-state index contributed by atoms with van der Waals surface area (Å²) in [7, 11) is 2.17. The lowest BCUT2D eigenvalue weighted by Crippen LogP contribution is -2.32. The fourth-order valence-electron chi connectivity index (χ4n) is 4.73. The van der Waals surface area contributed by atoms with Gasteiger partial charge < -0.3 is 19.7 Å². The number of likely N-dealkylation sites (tertiary alicyclic amines) is 1. The fourth-order valence-corrected chi connectivity index (χ4v) is 4.73. The van der Waals surface area contributed by atoms with Gasteiger partial charge >= 0.3 is 0 Å². The minimum atomic E-state index is -0.0825. The molecular weight excluding hydrogens is 362 g/mol. The summed E-state index contributed by atoms with van der Waals surface area (Å²) >= 11 is 0. The van der Waals surface area contributed by atoms with Crippen molar-refractivity contribution in [2.24, 2.45) is 0 Å². The van der Waals surface area contributed by atoms with Crippen LogP contribution in [0.4, 0.5) is 5.69 Å². The number of nitrogens with one attached hydrogen (secondary N) is 1. The first-order valence-corrected chi connectivity index (χ1v) is 10.9. The number of carbonyl (C=O) groups excluding carboxylic acids is 1. The Kier molecular flexibility index (Phi) is 5.90. The van der Waals surface area contributed by atoms with E-state index in [-0.39, 0.29) is 5.91 Å². The maximum Gasteiger partial charge on any atom is 0.272 e. The molecular formula is C23H33N5O. The summed E-state index contributed by atoms with van der Waals surface area (Å²) in [6, 6.07) is 9.00. The third kappa shape index (κ3) is 4.32. The van der Waals surface area contributed by atoms with Gasteiger partial charge in [-0.2, -0.15) is 0 Å². The lowest BCUT2D eigenvalue weighted by atomic mass is 10.0. The number of anilines is 1. The molecule has 0 aliphatic carbocycles. The Morgan fingerprint density at radius 2 is 1.72 bits per heavy atom. The van der Waals surface area contributed by atoms with Crippen molar-refractivity contribution in [2.75, 3.05) is 38.1 Å². The van der Waals surface area contributed by atoms with Crippen LogP contribution in [-0.4, -0.2) is 53.6 Å². The van der Waals surface area contributed by atoms with Crippen molar-refractivity contribution in [1.29, 1.82) is 0 Å². The Morgan fingerprint density at radius 3 is 2.38 bits per heavy atom. The second-order valence-corrected chi connectivity index (χ2v) is 8.54. The predicted molar refractivity (Wildman–Crippen MR) is 117 cm³/mol. The van der Waals surface area contributed by atoms with Gasteiger partial charge in [0.05, 0.1) is 0 Å². The van der Waals surface area contributed by atoms with Gasteiger partial charge in [-0.25, -0.2) is 4.98 Å². The monoisotopic (exact) mass is 395 g/mol. The van der Waals surface area contributed by atoms with Crippen LogP contribution in [0.3, 0.4) is 0 Å². The highest BCUT2D eigenvalue weighted by atomic mass is 16.1. The van der Waals surface area contributed by atoms with Gasteiger partial charge in [0.25, 0.3) is 5.91 Å². The highest BCUT2D eigenvalue weighted by Gasteiger charge is 2.25. The van der Waals surface area contributed by atoms with E-state index in [1.807, 2.05) is 13.8 Å². The standard InChI is InChI=1S/C23H33N5O/c1-17-22(25-18(2)28(17)21-10-14-26(3)15-11-21)23(29)24-16-19-6-8-20(9-7-19)27-12-4-5-13-27/h6-9,21H,4-5,10-16H2,1-3H3,(H,24,29). The zero-order valence-electron chi connectivity index (χ0n) is 17.9. The molecule has 1 amide bonds. The number of aromatic nitrogens is 2. The van der Waals surface area contributed by atoms with Crippen LogP contribution >= 0.6 is 0 Å². The molecule has 2 aromatic rings. The van der Waals surface area contributed by atoms with Crippen LogP contribution in [-0.2, 0) is 6.54 Å². The number of hydrogen-bond acceptors (Lipinski definition) is 4. The van der Waals surface area contributed by atoms with Gasteiger partial charge in [-0.3, -0.25) is 4.79 Å². The molecule has 2 aliphatic rings. The molecule has 0 unspecified atom stereocenters. The minimum Gasteiger partial charge on any atom is -0.372 e. The molecule has 6 nitrogen and oxygen atoms in total. The second-order valence-electron chi connectivity index (χ2n) is 8.54. The first-order valence-electron chi connectivity index (χ1n) is 10.9. The van der Waals surface area contributed by atoms with E-state index in [0.29, 0.717) is 18.3 Å². The van der Waals surface area contributed by atoms with E-state index < -0.39 is 0 Å². The predicted octanol–water partition coefficient (Wildman–Crippen LogP) is 3.30. The summed E-state index contributed by atoms with van der Waals surface area (Å²) in [6.07, 6.45) is 4.78. The number of aryl methyl sites for hydroxylation is 1. The summed E-state index contributed by atoms with van der Waals surface area (Å²) in [5.41, 5.74) is 3.94. The third-order valence-electron chi connectivity index (χ3n) is 6.46. The molecule has 2 aliphatic heterocycles. The smallest absolute Gasteiger partial charge is 0.272 e. The Bertz CT molecular complexity index is 843. The SMILES string of the molecule is Cc1nc(C(=O)NCc2ccc(N3CCCC3)cc2)c(C)n1C1CCN(C)CC1. The lowest BCUT2D eigenvalue weighted by molar-refractivity contribution is 0.0945. The van der Waals surface area contributed by atoms with Gasteiger partial charge in [0.15, 0.2) is 0 Å². The van der Waals surface area contributed by atoms with Gasteiger partial charge in [-0.05, 0) is 77.4 Å². The highest BCUT2D eigenvalue weighted by molar-refractivity contribution is 5.93. The molecule has 2 fully saturated rings. The van der Waals surface area contributed by atoms with Crippen molar-refractivity contribution in [3.63, 3.8) is 0 Å². The fraction of sp³-hybridized carbons (Fsp3) is 0.565. The Labute approximate surface area is 173 Å². The summed E-state index contributed by atoms with van der Waals surface area (Å²) in [4.78, 5) is 22.2. The lowest BCUT2D eigenvalue weighted by Gasteiger charge is -2.31. The van der Waals surface area contributed by atoms with Crippen LogP contribution in [0.2, 0.25) is 0 Å². The van der Waals surface area contributed by atoms with Crippen LogP contribution in [0.25, 0.3) is 0 Å². The molecule has 1 aromatic heterocycles. The quantitative estimate of drug-likeness (QED) is 0.844. The average Bonchev–Trinajstić information content (AvgIpc) is 3.36. The number of benzene rings is 1. The molecule has 1 N–H and O–H groups in total. The normalized spacial score (nSPS) is 18.4. The second kappa shape index (κ2) is 8.57. The Morgan fingerprint density at radius 1 is 1.07 bits per heavy atom. The molecule has 2 saturated heterocycles. The first kappa shape index (κ1) is 20.0. The van der Waals surface area contributed by atoms with Gasteiger partial charge in [0.1, 0.15) is 11.5 Å². The van der Waals surface area contributed by atoms with Crippen LogP contribution in [0, 0.1) is 13.8 Å². The molecule has 156 valence electrons. The molecule has 0 bridgehead atoms. The Hall–Kier alpha value is -2.34. The zero-order chi connectivity index (χ0) is 20.4. The largest absolute Gasteiger partial charge is 0.372 e. The molecule has 0 spiro atoms. The van der Waals surface area contributed by atoms with Gasteiger partial charge in [-0.15, -0.1) is 0 Å². The molecule has 1 aromatic carbocycles. The van der Waals surface area contributed by atoms with Gasteiger partial charge in [0, 0.05) is 37.1 Å². The van der Waals surface area contributed by atoms with Crippen LogP contribution < -0.4 is 10.2 Å². The molecule has 29 heavy (non-hydrogen) atoms. The van der Waals surface area contributed by atoms with Crippen molar-refractivity contribution in [2.45, 2.75) is 52.1 Å². The van der Waals surface area contributed by atoms with E-state index in [1.54, 1.807) is 0 Å².